The van der Waals surface area contributed by atoms with E-state index in [1.165, 1.54) is 12.1 Å². The predicted molar refractivity (Wildman–Crippen MR) is 48.3 cm³/mol. The van der Waals surface area contributed by atoms with Crippen LogP contribution in [0.5, 0.6) is 0 Å². The van der Waals surface area contributed by atoms with Gasteiger partial charge in [-0.15, -0.1) is 0 Å². The molecule has 0 aliphatic heterocycles. The third-order valence-electron chi connectivity index (χ3n) is 0.896. The summed E-state index contributed by atoms with van der Waals surface area (Å²) in [6, 6.07) is 0. The second-order valence-corrected chi connectivity index (χ2v) is 4.86. The summed E-state index contributed by atoms with van der Waals surface area (Å²) in [5.41, 5.74) is 0. The summed E-state index contributed by atoms with van der Waals surface area (Å²) in [6.07, 6.45) is 3.48. The van der Waals surface area contributed by atoms with Gasteiger partial charge >= 0.3 is 0 Å². The fraction of sp³-hybridized carbons (Fsp3) is 1.00. The van der Waals surface area contributed by atoms with E-state index in [4.69, 9.17) is 0 Å². The Bertz CT molecular complexity index is 47.7. The molecule has 0 spiro atoms. The first-order chi connectivity index (χ1) is 3.77. The van der Waals surface area contributed by atoms with Gasteiger partial charge in [0, 0.05) is 0 Å². The van der Waals surface area contributed by atoms with Crippen molar-refractivity contribution in [3.63, 3.8) is 0 Å². The molecule has 0 amide bonds. The molecule has 0 fully saturated rings. The minimum atomic E-state index is 0.870. The molecule has 0 saturated heterocycles. The van der Waals surface area contributed by atoms with Crippen LogP contribution in [0.15, 0.2) is 0 Å². The third kappa shape index (κ3) is 6.76. The summed E-state index contributed by atoms with van der Waals surface area (Å²) >= 11 is 0. The van der Waals surface area contributed by atoms with E-state index in [-0.39, 0.29) is 0 Å². The van der Waals surface area contributed by atoms with E-state index in [1.54, 1.807) is 0 Å². The van der Waals surface area contributed by atoms with Crippen molar-refractivity contribution in [2.45, 2.75) is 20.0 Å². The fourth-order valence-electron chi connectivity index (χ4n) is 0.367. The molecule has 0 rings (SSSR count). The van der Waals surface area contributed by atoms with Crippen molar-refractivity contribution in [2.24, 2.45) is 0 Å². The summed E-state index contributed by atoms with van der Waals surface area (Å²) in [5.74, 6) is 1.30. The average Bonchev–Trinajstić information content (AvgIpc) is 1.66. The Balaban J connectivity index is 2.72. The van der Waals surface area contributed by atoms with Crippen LogP contribution in [0, 0.1) is 0 Å². The van der Waals surface area contributed by atoms with Gasteiger partial charge in [-0.05, 0) is 12.0 Å². The molecule has 0 aliphatic rings. The molecular weight excluding hydrogens is 135 g/mol. The van der Waals surface area contributed by atoms with Crippen LogP contribution in [0.4, 0.5) is 0 Å². The highest BCUT2D eigenvalue weighted by Crippen LogP contribution is 2.18. The van der Waals surface area contributed by atoms with Crippen molar-refractivity contribution in [3.8, 4) is 0 Å². The van der Waals surface area contributed by atoms with E-state index in [9.17, 15) is 0 Å². The Hall–Kier alpha value is 0.765. The van der Waals surface area contributed by atoms with Crippen LogP contribution in [-0.2, 0) is 0 Å². The van der Waals surface area contributed by atoms with Crippen molar-refractivity contribution in [1.29, 1.82) is 0 Å². The highest BCUT2D eigenvalue weighted by Gasteiger charge is 1.95. The third-order valence-corrected chi connectivity index (χ3v) is 2.74. The lowest BCUT2D eigenvalue weighted by molar-refractivity contribution is 1.45. The van der Waals surface area contributed by atoms with Crippen molar-refractivity contribution in [3.05, 3.63) is 0 Å². The summed E-state index contributed by atoms with van der Waals surface area (Å²) in [5, 5.41) is 0. The molecule has 8 heavy (non-hydrogen) atoms. The molecular formula is C5H13BS2. The molecule has 3 heteroatoms. The minimum absolute atomic E-state index is 0.870. The number of hydrogen-bond donors (Lipinski definition) is 0. The van der Waals surface area contributed by atoms with Gasteiger partial charge in [0.25, 0.3) is 0 Å². The monoisotopic (exact) mass is 148 g/mol. The van der Waals surface area contributed by atoms with Gasteiger partial charge in [0.2, 0.25) is 0 Å². The van der Waals surface area contributed by atoms with Gasteiger partial charge < -0.3 is 0 Å². The van der Waals surface area contributed by atoms with Gasteiger partial charge in [0.1, 0.15) is 6.71 Å². The zero-order valence-electron chi connectivity index (χ0n) is 5.81. The topological polar surface area (TPSA) is 0 Å². The highest BCUT2D eigenvalue weighted by atomic mass is 33.1. The predicted octanol–water partition coefficient (Wildman–Crippen LogP) is 2.75. The van der Waals surface area contributed by atoms with Crippen LogP contribution in [0.2, 0.25) is 20.0 Å². The number of rotatable bonds is 4. The molecule has 0 aromatic carbocycles. The second kappa shape index (κ2) is 5.89. The molecule has 0 N–H and O–H groups in total. The first-order valence-corrected chi connectivity index (χ1v) is 5.65. The lowest BCUT2D eigenvalue weighted by Crippen LogP contribution is -1.98. The number of hydrogen-bond acceptors (Lipinski definition) is 2. The molecule has 0 heterocycles. The minimum Gasteiger partial charge on any atom is -0.0976 e. The van der Waals surface area contributed by atoms with Crippen LogP contribution < -0.4 is 0 Å². The summed E-state index contributed by atoms with van der Waals surface area (Å²) in [7, 11) is 3.81. The van der Waals surface area contributed by atoms with Crippen LogP contribution in [0.25, 0.3) is 0 Å². The molecule has 0 aliphatic carbocycles. The maximum absolute atomic E-state index is 2.26. The zero-order chi connectivity index (χ0) is 6.41. The van der Waals surface area contributed by atoms with Crippen LogP contribution in [0.1, 0.15) is 0 Å². The Morgan fingerprint density at radius 2 is 2.00 bits per heavy atom. The molecule has 0 nitrogen and oxygen atoms in total. The van der Waals surface area contributed by atoms with Crippen LogP contribution in [-0.4, -0.2) is 18.7 Å². The Labute approximate surface area is 60.7 Å². The highest BCUT2D eigenvalue weighted by molar-refractivity contribution is 8.76. The Kier molecular flexibility index (Phi) is 6.46. The lowest BCUT2D eigenvalue weighted by atomic mass is 9.53. The molecule has 0 aromatic rings. The van der Waals surface area contributed by atoms with Crippen molar-refractivity contribution in [1.82, 2.24) is 0 Å². The second-order valence-electron chi connectivity index (χ2n) is 2.17. The fourth-order valence-corrected chi connectivity index (χ4v) is 1.89. The molecule has 0 unspecified atom stereocenters. The van der Waals surface area contributed by atoms with E-state index in [1.807, 2.05) is 21.6 Å². The molecule has 0 radical (unpaired) electrons. The van der Waals surface area contributed by atoms with E-state index < -0.39 is 0 Å². The first kappa shape index (κ1) is 8.76. The SMILES string of the molecule is CSSCCB(C)C. The van der Waals surface area contributed by atoms with Gasteiger partial charge in [0.05, 0.1) is 0 Å². The normalized spacial score (nSPS) is 9.38. The Morgan fingerprint density at radius 1 is 1.38 bits per heavy atom. The summed E-state index contributed by atoms with van der Waals surface area (Å²) < 4.78 is 0. The molecule has 0 bridgehead atoms. The van der Waals surface area contributed by atoms with Crippen LogP contribution in [0.3, 0.4) is 0 Å². The van der Waals surface area contributed by atoms with Crippen molar-refractivity contribution in [2.75, 3.05) is 12.0 Å². The Morgan fingerprint density at radius 3 is 2.38 bits per heavy atom. The van der Waals surface area contributed by atoms with E-state index in [0.717, 1.165) is 6.71 Å². The standard InChI is InChI=1S/C5H13BS2/c1-6(2)4-5-8-7-3/h4-5H2,1-3H3. The smallest absolute Gasteiger partial charge is 0.0976 e. The largest absolute Gasteiger partial charge is 0.134 e. The van der Waals surface area contributed by atoms with Gasteiger partial charge in [-0.2, -0.15) is 0 Å². The zero-order valence-corrected chi connectivity index (χ0v) is 7.44. The molecule has 48 valence electrons. The molecule has 0 aromatic heterocycles. The van der Waals surface area contributed by atoms with Crippen LogP contribution >= 0.6 is 21.6 Å². The molecule has 0 atom stereocenters. The van der Waals surface area contributed by atoms with E-state index in [0.29, 0.717) is 0 Å². The first-order valence-electron chi connectivity index (χ1n) is 2.93. The summed E-state index contributed by atoms with van der Waals surface area (Å²) in [4.78, 5) is 0. The van der Waals surface area contributed by atoms with Gasteiger partial charge in [-0.25, -0.2) is 0 Å². The van der Waals surface area contributed by atoms with E-state index >= 15 is 0 Å². The van der Waals surface area contributed by atoms with Crippen molar-refractivity contribution >= 4 is 28.3 Å². The van der Waals surface area contributed by atoms with Crippen molar-refractivity contribution < 1.29 is 0 Å². The maximum atomic E-state index is 2.26. The van der Waals surface area contributed by atoms with Gasteiger partial charge in [-0.3, -0.25) is 0 Å². The van der Waals surface area contributed by atoms with Gasteiger partial charge in [0.15, 0.2) is 0 Å². The molecule has 0 saturated carbocycles. The average molecular weight is 148 g/mol. The van der Waals surface area contributed by atoms with E-state index in [2.05, 4.69) is 19.9 Å². The quantitative estimate of drug-likeness (QED) is 0.341. The maximum Gasteiger partial charge on any atom is 0.134 e. The summed E-state index contributed by atoms with van der Waals surface area (Å²) in [6.45, 7) is 5.40. The lowest BCUT2D eigenvalue weighted by Gasteiger charge is -1.96. The van der Waals surface area contributed by atoms with Gasteiger partial charge in [-0.1, -0.05) is 41.6 Å².